The van der Waals surface area contributed by atoms with Gasteiger partial charge in [0.2, 0.25) is 9.05 Å². The summed E-state index contributed by atoms with van der Waals surface area (Å²) in [5.74, 6) is 0.466. The number of benzene rings is 1. The standard InChI is InChI=1S/C12H17ClO3S/c1-12(2,3)10-4-6-11(7-5-10)16-8-9-17(13,14)15/h4-7H,8-9H2,1-3H3. The molecule has 0 unspecified atom stereocenters. The molecule has 0 N–H and O–H groups in total. The molecule has 1 aromatic rings. The zero-order valence-corrected chi connectivity index (χ0v) is 11.8. The highest BCUT2D eigenvalue weighted by Crippen LogP contribution is 2.24. The smallest absolute Gasteiger partial charge is 0.235 e. The minimum absolute atomic E-state index is 0.0701. The number of rotatable bonds is 4. The molecule has 0 aliphatic heterocycles. The molecule has 1 rings (SSSR count). The molecule has 96 valence electrons. The first-order valence-electron chi connectivity index (χ1n) is 5.34. The lowest BCUT2D eigenvalue weighted by Crippen LogP contribution is -2.11. The lowest BCUT2D eigenvalue weighted by atomic mass is 9.87. The van der Waals surface area contributed by atoms with Gasteiger partial charge in [0.05, 0.1) is 5.75 Å². The van der Waals surface area contributed by atoms with Gasteiger partial charge in [-0.2, -0.15) is 0 Å². The Morgan fingerprint density at radius 2 is 1.71 bits per heavy atom. The Balaban J connectivity index is 2.58. The van der Waals surface area contributed by atoms with Crippen LogP contribution in [0.4, 0.5) is 0 Å². The molecule has 3 nitrogen and oxygen atoms in total. The van der Waals surface area contributed by atoms with Crippen molar-refractivity contribution in [2.24, 2.45) is 0 Å². The average Bonchev–Trinajstić information content (AvgIpc) is 2.15. The minimum Gasteiger partial charge on any atom is -0.492 e. The van der Waals surface area contributed by atoms with Crippen molar-refractivity contribution >= 4 is 19.7 Å². The second kappa shape index (κ2) is 5.27. The Morgan fingerprint density at radius 1 is 1.18 bits per heavy atom. The van der Waals surface area contributed by atoms with Crippen molar-refractivity contribution in [2.45, 2.75) is 26.2 Å². The van der Waals surface area contributed by atoms with E-state index in [1.807, 2.05) is 24.3 Å². The van der Waals surface area contributed by atoms with E-state index in [9.17, 15) is 8.42 Å². The van der Waals surface area contributed by atoms with Crippen molar-refractivity contribution in [1.29, 1.82) is 0 Å². The van der Waals surface area contributed by atoms with Gasteiger partial charge in [0.15, 0.2) is 0 Å². The summed E-state index contributed by atoms with van der Waals surface area (Å²) in [6.45, 7) is 6.45. The van der Waals surface area contributed by atoms with Crippen LogP contribution in [-0.4, -0.2) is 20.8 Å². The number of ether oxygens (including phenoxy) is 1. The summed E-state index contributed by atoms with van der Waals surface area (Å²) in [7, 11) is 1.60. The number of halogens is 1. The van der Waals surface area contributed by atoms with Gasteiger partial charge in [-0.25, -0.2) is 8.42 Å². The Bertz CT molecular complexity index is 458. The van der Waals surface area contributed by atoms with Gasteiger partial charge in [-0.3, -0.25) is 0 Å². The first-order valence-corrected chi connectivity index (χ1v) is 7.82. The van der Waals surface area contributed by atoms with Gasteiger partial charge in [0.25, 0.3) is 0 Å². The Labute approximate surface area is 107 Å². The summed E-state index contributed by atoms with van der Waals surface area (Å²) in [4.78, 5) is 0. The Kier molecular flexibility index (Phi) is 4.44. The van der Waals surface area contributed by atoms with E-state index < -0.39 is 9.05 Å². The molecule has 0 aromatic heterocycles. The molecule has 0 aliphatic carbocycles. The van der Waals surface area contributed by atoms with Gasteiger partial charge >= 0.3 is 0 Å². The number of hydrogen-bond donors (Lipinski definition) is 0. The van der Waals surface area contributed by atoms with Crippen LogP contribution < -0.4 is 4.74 Å². The highest BCUT2D eigenvalue weighted by Gasteiger charge is 2.13. The molecule has 0 aliphatic rings. The van der Waals surface area contributed by atoms with Gasteiger partial charge in [-0.1, -0.05) is 32.9 Å². The fraction of sp³-hybridized carbons (Fsp3) is 0.500. The summed E-state index contributed by atoms with van der Waals surface area (Å²) in [6, 6.07) is 7.62. The second-order valence-electron chi connectivity index (χ2n) is 4.87. The zero-order valence-electron chi connectivity index (χ0n) is 10.2. The van der Waals surface area contributed by atoms with Crippen molar-refractivity contribution in [2.75, 3.05) is 12.4 Å². The van der Waals surface area contributed by atoms with Crippen LogP contribution in [0.1, 0.15) is 26.3 Å². The molecule has 0 bridgehead atoms. The van der Waals surface area contributed by atoms with E-state index in [1.165, 1.54) is 5.56 Å². The molecule has 0 saturated carbocycles. The van der Waals surface area contributed by atoms with Gasteiger partial charge in [-0.15, -0.1) is 0 Å². The predicted octanol–water partition coefficient (Wildman–Crippen LogP) is 2.93. The zero-order chi connectivity index (χ0) is 13.1. The molecule has 0 spiro atoms. The molecule has 0 amide bonds. The maximum atomic E-state index is 10.7. The first-order chi connectivity index (χ1) is 7.68. The van der Waals surface area contributed by atoms with Crippen LogP contribution in [0.5, 0.6) is 5.75 Å². The molecule has 0 radical (unpaired) electrons. The SMILES string of the molecule is CC(C)(C)c1ccc(OCCS(=O)(=O)Cl)cc1. The van der Waals surface area contributed by atoms with E-state index in [2.05, 4.69) is 20.8 Å². The lowest BCUT2D eigenvalue weighted by molar-refractivity contribution is 0.341. The van der Waals surface area contributed by atoms with Crippen LogP contribution in [-0.2, 0) is 14.5 Å². The van der Waals surface area contributed by atoms with Crippen molar-refractivity contribution in [3.63, 3.8) is 0 Å². The summed E-state index contributed by atoms with van der Waals surface area (Å²) in [5, 5.41) is 0. The summed E-state index contributed by atoms with van der Waals surface area (Å²) in [5.41, 5.74) is 1.30. The van der Waals surface area contributed by atoms with Crippen molar-refractivity contribution in [1.82, 2.24) is 0 Å². The van der Waals surface area contributed by atoms with Gasteiger partial charge in [-0.05, 0) is 23.1 Å². The maximum Gasteiger partial charge on any atom is 0.235 e. The third-order valence-electron chi connectivity index (χ3n) is 2.32. The maximum absolute atomic E-state index is 10.7. The topological polar surface area (TPSA) is 43.4 Å². The van der Waals surface area contributed by atoms with Crippen LogP contribution in [0.3, 0.4) is 0 Å². The fourth-order valence-electron chi connectivity index (χ4n) is 1.31. The quantitative estimate of drug-likeness (QED) is 0.794. The van der Waals surface area contributed by atoms with Crippen molar-refractivity contribution in [3.05, 3.63) is 29.8 Å². The van der Waals surface area contributed by atoms with E-state index >= 15 is 0 Å². The third-order valence-corrected chi connectivity index (χ3v) is 3.43. The third kappa shape index (κ3) is 5.41. The largest absolute Gasteiger partial charge is 0.492 e. The molecule has 0 atom stereocenters. The second-order valence-corrected chi connectivity index (χ2v) is 7.76. The highest BCUT2D eigenvalue weighted by molar-refractivity contribution is 8.13. The monoisotopic (exact) mass is 276 g/mol. The summed E-state index contributed by atoms with van der Waals surface area (Å²) in [6.07, 6.45) is 0. The van der Waals surface area contributed by atoms with Crippen LogP contribution in [0.2, 0.25) is 0 Å². The molecule has 1 aromatic carbocycles. The molecular formula is C12H17ClO3S. The molecule has 0 heterocycles. The first kappa shape index (κ1) is 14.3. The fourth-order valence-corrected chi connectivity index (χ4v) is 1.78. The Hall–Kier alpha value is -0.740. The van der Waals surface area contributed by atoms with Crippen LogP contribution in [0, 0.1) is 0 Å². The van der Waals surface area contributed by atoms with Crippen LogP contribution >= 0.6 is 10.7 Å². The molecule has 17 heavy (non-hydrogen) atoms. The van der Waals surface area contributed by atoms with E-state index in [0.29, 0.717) is 5.75 Å². The highest BCUT2D eigenvalue weighted by atomic mass is 35.7. The van der Waals surface area contributed by atoms with Crippen molar-refractivity contribution in [3.8, 4) is 5.75 Å². The van der Waals surface area contributed by atoms with Gasteiger partial charge in [0, 0.05) is 10.7 Å². The van der Waals surface area contributed by atoms with Crippen molar-refractivity contribution < 1.29 is 13.2 Å². The minimum atomic E-state index is -3.48. The predicted molar refractivity (Wildman–Crippen MR) is 70.3 cm³/mol. The molecular weight excluding hydrogens is 260 g/mol. The van der Waals surface area contributed by atoms with Crippen LogP contribution in [0.15, 0.2) is 24.3 Å². The lowest BCUT2D eigenvalue weighted by Gasteiger charge is -2.19. The van der Waals surface area contributed by atoms with E-state index in [4.69, 9.17) is 15.4 Å². The summed E-state index contributed by atoms with van der Waals surface area (Å²) < 4.78 is 26.7. The molecule has 0 fully saturated rings. The number of hydrogen-bond acceptors (Lipinski definition) is 3. The van der Waals surface area contributed by atoms with E-state index in [1.54, 1.807) is 0 Å². The molecule has 0 saturated heterocycles. The van der Waals surface area contributed by atoms with Gasteiger partial charge in [0.1, 0.15) is 12.4 Å². The normalized spacial score (nSPS) is 12.5. The summed E-state index contributed by atoms with van der Waals surface area (Å²) >= 11 is 0. The van der Waals surface area contributed by atoms with E-state index in [-0.39, 0.29) is 17.8 Å². The average molecular weight is 277 g/mol. The van der Waals surface area contributed by atoms with Gasteiger partial charge < -0.3 is 4.74 Å². The molecule has 5 heteroatoms. The van der Waals surface area contributed by atoms with Crippen LogP contribution in [0.25, 0.3) is 0 Å². The Morgan fingerprint density at radius 3 is 2.12 bits per heavy atom. The van der Waals surface area contributed by atoms with E-state index in [0.717, 1.165) is 0 Å².